The molecule has 0 radical (unpaired) electrons. The molecule has 0 aromatic carbocycles. The van der Waals surface area contributed by atoms with Crippen molar-refractivity contribution in [1.29, 1.82) is 0 Å². The highest BCUT2D eigenvalue weighted by atomic mass is 31.2. The summed E-state index contributed by atoms with van der Waals surface area (Å²) in [6, 6.07) is 0. The van der Waals surface area contributed by atoms with E-state index in [4.69, 9.17) is 14.2 Å². The summed E-state index contributed by atoms with van der Waals surface area (Å²) >= 11 is 0. The molecule has 0 aliphatic heterocycles. The number of ether oxygens (including phenoxy) is 1. The fraction of sp³-hybridized carbons (Fsp3) is 0.920. The molecule has 0 aromatic rings. The minimum absolute atomic E-state index is 0.440. The second kappa shape index (κ2) is 20.2. The fourth-order valence-corrected chi connectivity index (χ4v) is 4.29. The average Bonchev–Trinajstić information content (AvgIpc) is 2.67. The summed E-state index contributed by atoms with van der Waals surface area (Å²) in [6.45, 7) is 3.88. The van der Waals surface area contributed by atoms with E-state index in [2.05, 4.69) is 19.1 Å². The van der Waals surface area contributed by atoms with E-state index in [9.17, 15) is 9.46 Å². The van der Waals surface area contributed by atoms with Gasteiger partial charge in [-0.2, -0.15) is 0 Å². The predicted octanol–water partition coefficient (Wildman–Crippen LogP) is 5.98. The van der Waals surface area contributed by atoms with Crippen LogP contribution in [0.25, 0.3) is 0 Å². The number of allylic oxidation sites excluding steroid dienone is 2. The van der Waals surface area contributed by atoms with Gasteiger partial charge < -0.3 is 23.5 Å². The topological polar surface area (TPSA) is 78.8 Å². The number of hydrogen-bond donors (Lipinski definition) is 1. The summed E-state index contributed by atoms with van der Waals surface area (Å²) in [5.74, 6) is 0. The van der Waals surface area contributed by atoms with E-state index in [-0.39, 0.29) is 0 Å². The van der Waals surface area contributed by atoms with Crippen molar-refractivity contribution in [2.24, 2.45) is 0 Å². The molecular weight excluding hydrogens is 425 g/mol. The number of quaternary nitrogens is 1. The maximum atomic E-state index is 11.0. The van der Waals surface area contributed by atoms with Crippen LogP contribution in [0.4, 0.5) is 0 Å². The first kappa shape index (κ1) is 31.8. The van der Waals surface area contributed by atoms with Crippen molar-refractivity contribution in [2.45, 2.75) is 109 Å². The minimum atomic E-state index is -4.72. The Morgan fingerprint density at radius 3 is 1.84 bits per heavy atom. The Morgan fingerprint density at radius 2 is 1.34 bits per heavy atom. The lowest BCUT2D eigenvalue weighted by molar-refractivity contribution is -0.873. The highest BCUT2D eigenvalue weighted by Crippen LogP contribution is 2.33. The molecule has 7 heteroatoms. The first-order valence-electron chi connectivity index (χ1n) is 12.9. The van der Waals surface area contributed by atoms with Crippen molar-refractivity contribution < 1.29 is 28.1 Å². The summed E-state index contributed by atoms with van der Waals surface area (Å²) in [4.78, 5) is 20.0. The molecule has 0 saturated carbocycles. The van der Waals surface area contributed by atoms with Crippen LogP contribution >= 0.6 is 7.82 Å². The molecule has 0 aliphatic carbocycles. The quantitative estimate of drug-likeness (QED) is 0.0847. The summed E-state index contributed by atoms with van der Waals surface area (Å²) < 4.78 is 22.0. The zero-order valence-corrected chi connectivity index (χ0v) is 22.3. The Hall–Kier alpha value is -0.230. The lowest BCUT2D eigenvalue weighted by atomic mass is 10.1. The van der Waals surface area contributed by atoms with Gasteiger partial charge in [0.05, 0.1) is 21.1 Å². The van der Waals surface area contributed by atoms with Crippen molar-refractivity contribution in [3.63, 3.8) is 0 Å². The van der Waals surface area contributed by atoms with Crippen LogP contribution in [-0.2, 0) is 13.8 Å². The molecule has 32 heavy (non-hydrogen) atoms. The fourth-order valence-electron chi connectivity index (χ4n) is 3.75. The summed E-state index contributed by atoms with van der Waals surface area (Å²) in [5.41, 5.74) is 0. The molecule has 1 N–H and O–H groups in total. The molecule has 0 rings (SSSR count). The SMILES string of the molecule is CCCCCCCC/C=C\CCCCCCCCOCCC(C[N+](C)(C)C)OP(=O)([O-])O. The van der Waals surface area contributed by atoms with Gasteiger partial charge in [-0.15, -0.1) is 0 Å². The molecule has 0 saturated heterocycles. The normalized spacial score (nSPS) is 15.3. The molecule has 192 valence electrons. The van der Waals surface area contributed by atoms with Crippen LogP contribution in [0.1, 0.15) is 103 Å². The third-order valence-electron chi connectivity index (χ3n) is 5.42. The number of unbranched alkanes of at least 4 members (excludes halogenated alkanes) is 12. The van der Waals surface area contributed by atoms with Crippen molar-refractivity contribution in [2.75, 3.05) is 40.9 Å². The van der Waals surface area contributed by atoms with E-state index in [1.807, 2.05) is 21.1 Å². The Bertz CT molecular complexity index is 487. The van der Waals surface area contributed by atoms with Gasteiger partial charge in [0.1, 0.15) is 12.6 Å². The third kappa shape index (κ3) is 26.0. The van der Waals surface area contributed by atoms with Gasteiger partial charge in [0, 0.05) is 19.6 Å². The van der Waals surface area contributed by atoms with Crippen LogP contribution < -0.4 is 4.89 Å². The van der Waals surface area contributed by atoms with Gasteiger partial charge in [-0.3, -0.25) is 4.57 Å². The first-order valence-corrected chi connectivity index (χ1v) is 14.4. The molecule has 0 aliphatic rings. The number of rotatable bonds is 23. The number of hydrogen-bond acceptors (Lipinski definition) is 4. The number of phosphoric acid groups is 1. The number of nitrogens with zero attached hydrogens (tertiary/aromatic N) is 1. The van der Waals surface area contributed by atoms with Crippen LogP contribution in [-0.4, -0.2) is 56.4 Å². The van der Waals surface area contributed by atoms with E-state index >= 15 is 0 Å². The van der Waals surface area contributed by atoms with Crippen LogP contribution in [0.2, 0.25) is 0 Å². The molecule has 2 atom stereocenters. The smallest absolute Gasteiger partial charge is 0.265 e. The lowest BCUT2D eigenvalue weighted by Crippen LogP contribution is -2.42. The van der Waals surface area contributed by atoms with E-state index < -0.39 is 13.9 Å². The second-order valence-corrected chi connectivity index (χ2v) is 11.2. The van der Waals surface area contributed by atoms with Crippen molar-refractivity contribution in [1.82, 2.24) is 0 Å². The van der Waals surface area contributed by atoms with Gasteiger partial charge in [0.15, 0.2) is 0 Å². The summed E-state index contributed by atoms with van der Waals surface area (Å²) in [7, 11) is 1.14. The molecule has 2 unspecified atom stereocenters. The van der Waals surface area contributed by atoms with Gasteiger partial charge in [0.25, 0.3) is 7.82 Å². The Balaban J connectivity index is 3.50. The molecule has 0 amide bonds. The molecule has 0 spiro atoms. The third-order valence-corrected chi connectivity index (χ3v) is 5.98. The van der Waals surface area contributed by atoms with Gasteiger partial charge in [-0.1, -0.05) is 76.9 Å². The Labute approximate surface area is 198 Å². The summed E-state index contributed by atoms with van der Waals surface area (Å²) in [5, 5.41) is 0. The van der Waals surface area contributed by atoms with Crippen LogP contribution in [0.3, 0.4) is 0 Å². The first-order chi connectivity index (χ1) is 15.1. The van der Waals surface area contributed by atoms with Gasteiger partial charge in [-0.05, 0) is 32.1 Å². The minimum Gasteiger partial charge on any atom is -0.756 e. The number of likely N-dealkylation sites (N-methyl/N-ethyl adjacent to an activating group) is 1. The standard InChI is InChI=1S/C25H52NO5P/c1-5-6-7-8-9-10-11-12-13-14-15-16-17-18-19-20-22-30-23-21-25(24-26(2,3)4)31-32(27,28)29/h12-13,25H,5-11,14-24H2,1-4H3,(H-,27,28,29)/b13-12-. The Morgan fingerprint density at radius 1 is 0.844 bits per heavy atom. The zero-order valence-electron chi connectivity index (χ0n) is 21.4. The highest BCUT2D eigenvalue weighted by Gasteiger charge is 2.22. The zero-order chi connectivity index (χ0) is 24.1. The van der Waals surface area contributed by atoms with Crippen molar-refractivity contribution in [3.8, 4) is 0 Å². The average molecular weight is 478 g/mol. The Kier molecular flexibility index (Phi) is 20.0. The predicted molar refractivity (Wildman–Crippen MR) is 132 cm³/mol. The van der Waals surface area contributed by atoms with Crippen LogP contribution in [0.5, 0.6) is 0 Å². The molecule has 0 bridgehead atoms. The maximum Gasteiger partial charge on any atom is 0.265 e. The van der Waals surface area contributed by atoms with Gasteiger partial charge >= 0.3 is 0 Å². The van der Waals surface area contributed by atoms with Crippen molar-refractivity contribution in [3.05, 3.63) is 12.2 Å². The number of phosphoric ester groups is 1. The van der Waals surface area contributed by atoms with Crippen LogP contribution in [0, 0.1) is 0 Å². The van der Waals surface area contributed by atoms with E-state index in [1.165, 1.54) is 83.5 Å². The largest absolute Gasteiger partial charge is 0.756 e. The highest BCUT2D eigenvalue weighted by molar-refractivity contribution is 7.44. The lowest BCUT2D eigenvalue weighted by Gasteiger charge is -2.31. The second-order valence-electron chi connectivity index (χ2n) is 10.0. The maximum absolute atomic E-state index is 11.0. The van der Waals surface area contributed by atoms with Crippen molar-refractivity contribution >= 4 is 7.82 Å². The van der Waals surface area contributed by atoms with E-state index in [1.54, 1.807) is 0 Å². The van der Waals surface area contributed by atoms with E-state index in [0.717, 1.165) is 6.42 Å². The van der Waals surface area contributed by atoms with E-state index in [0.29, 0.717) is 30.7 Å². The molecular formula is C25H52NO5P. The molecule has 6 nitrogen and oxygen atoms in total. The summed E-state index contributed by atoms with van der Waals surface area (Å²) in [6.07, 6.45) is 22.6. The molecule has 0 heterocycles. The molecule has 0 fully saturated rings. The monoisotopic (exact) mass is 477 g/mol. The van der Waals surface area contributed by atoms with Gasteiger partial charge in [-0.25, -0.2) is 0 Å². The van der Waals surface area contributed by atoms with Crippen LogP contribution in [0.15, 0.2) is 12.2 Å². The van der Waals surface area contributed by atoms with Gasteiger partial charge in [0.2, 0.25) is 0 Å². The molecule has 0 aromatic heterocycles.